The zero-order valence-corrected chi connectivity index (χ0v) is 21.8. The number of aryl methyl sites for hydroxylation is 1. The van der Waals surface area contributed by atoms with Crippen LogP contribution >= 0.6 is 0 Å². The molecule has 0 spiro atoms. The number of alkyl halides is 1. The Labute approximate surface area is 219 Å². The van der Waals surface area contributed by atoms with E-state index in [1.165, 1.54) is 36.4 Å². The number of sulfonamides is 1. The second-order valence-electron chi connectivity index (χ2n) is 9.41. The van der Waals surface area contributed by atoms with Crippen LogP contribution in [0.25, 0.3) is 11.3 Å². The van der Waals surface area contributed by atoms with Gasteiger partial charge in [-0.3, -0.25) is 4.79 Å². The van der Waals surface area contributed by atoms with E-state index in [4.69, 9.17) is 14.2 Å². The molecule has 3 heterocycles. The fraction of sp³-hybridized carbons (Fsp3) is 0.346. The van der Waals surface area contributed by atoms with Gasteiger partial charge in [-0.1, -0.05) is 19.9 Å². The number of pyridine rings is 2. The van der Waals surface area contributed by atoms with E-state index in [0.29, 0.717) is 17.9 Å². The summed E-state index contributed by atoms with van der Waals surface area (Å²) in [5.41, 5.74) is -1.08. The summed E-state index contributed by atoms with van der Waals surface area (Å²) in [6.07, 6.45) is 0. The number of carbonyl (C=O) groups excluding carboxylic acids is 1. The number of halogens is 2. The first-order valence-electron chi connectivity index (χ1n) is 11.8. The number of benzene rings is 1. The van der Waals surface area contributed by atoms with Gasteiger partial charge in [0.05, 0.1) is 25.5 Å². The number of rotatable bonds is 10. The summed E-state index contributed by atoms with van der Waals surface area (Å²) < 4.78 is 72.4. The van der Waals surface area contributed by atoms with Crippen molar-refractivity contribution in [3.05, 3.63) is 65.6 Å². The highest BCUT2D eigenvalue weighted by Gasteiger charge is 2.40. The van der Waals surface area contributed by atoms with Crippen LogP contribution < -0.4 is 14.2 Å². The number of carbonyl (C=O) groups is 1. The number of hydrogen-bond donors (Lipinski definition) is 1. The Kier molecular flexibility index (Phi) is 7.93. The van der Waals surface area contributed by atoms with Crippen molar-refractivity contribution in [2.75, 3.05) is 26.4 Å². The molecule has 0 aliphatic carbocycles. The van der Waals surface area contributed by atoms with Crippen LogP contribution in [0.5, 0.6) is 11.6 Å². The Morgan fingerprint density at radius 3 is 2.55 bits per heavy atom. The third-order valence-electron chi connectivity index (χ3n) is 5.41. The maximum Gasteiger partial charge on any atom is 0.281 e. The molecule has 1 aliphatic heterocycles. The molecule has 1 aliphatic rings. The van der Waals surface area contributed by atoms with E-state index in [2.05, 4.69) is 9.97 Å². The molecule has 1 fully saturated rings. The van der Waals surface area contributed by atoms with E-state index in [9.17, 15) is 22.0 Å². The highest BCUT2D eigenvalue weighted by Crippen LogP contribution is 2.30. The predicted octanol–water partition coefficient (Wildman–Crippen LogP) is 3.86. The Morgan fingerprint density at radius 1 is 1.13 bits per heavy atom. The van der Waals surface area contributed by atoms with Crippen molar-refractivity contribution in [2.45, 2.75) is 31.5 Å². The van der Waals surface area contributed by atoms with Crippen LogP contribution in [0.2, 0.25) is 0 Å². The summed E-state index contributed by atoms with van der Waals surface area (Å²) in [5, 5.41) is -0.346. The van der Waals surface area contributed by atoms with Crippen molar-refractivity contribution in [3.63, 3.8) is 0 Å². The number of ether oxygens (including phenoxy) is 3. The van der Waals surface area contributed by atoms with Gasteiger partial charge < -0.3 is 14.2 Å². The van der Waals surface area contributed by atoms with Crippen LogP contribution in [0.1, 0.15) is 29.9 Å². The van der Waals surface area contributed by atoms with Gasteiger partial charge in [0.25, 0.3) is 15.9 Å². The van der Waals surface area contributed by atoms with Gasteiger partial charge in [0.15, 0.2) is 10.7 Å². The second-order valence-corrected chi connectivity index (χ2v) is 11.0. The van der Waals surface area contributed by atoms with Crippen molar-refractivity contribution >= 4 is 15.9 Å². The first-order chi connectivity index (χ1) is 17.9. The minimum absolute atomic E-state index is 0.192. The van der Waals surface area contributed by atoms with Gasteiger partial charge in [-0.25, -0.2) is 23.5 Å². The average Bonchev–Trinajstić information content (AvgIpc) is 2.84. The largest absolute Gasteiger partial charge is 0.493 e. The smallest absolute Gasteiger partial charge is 0.281 e. The Hall–Kier alpha value is -3.64. The van der Waals surface area contributed by atoms with E-state index in [-0.39, 0.29) is 47.0 Å². The van der Waals surface area contributed by atoms with Gasteiger partial charge in [-0.15, -0.1) is 0 Å². The van der Waals surface area contributed by atoms with Crippen molar-refractivity contribution < 1.29 is 36.2 Å². The van der Waals surface area contributed by atoms with Crippen molar-refractivity contribution in [2.24, 2.45) is 5.92 Å². The zero-order chi connectivity index (χ0) is 27.5. The van der Waals surface area contributed by atoms with Crippen LogP contribution in [0.4, 0.5) is 8.78 Å². The molecule has 1 N–H and O–H groups in total. The molecule has 0 atom stereocenters. The highest BCUT2D eigenvalue weighted by atomic mass is 32.2. The van der Waals surface area contributed by atoms with Gasteiger partial charge in [-0.2, -0.15) is 8.42 Å². The molecule has 3 aromatic rings. The van der Waals surface area contributed by atoms with Crippen LogP contribution in [0, 0.1) is 18.7 Å². The summed E-state index contributed by atoms with van der Waals surface area (Å²) in [7, 11) is -4.32. The lowest BCUT2D eigenvalue weighted by atomic mass is 10.1. The third-order valence-corrected chi connectivity index (χ3v) is 6.64. The van der Waals surface area contributed by atoms with E-state index in [0.717, 1.165) is 0 Å². The Morgan fingerprint density at radius 2 is 1.89 bits per heavy atom. The lowest BCUT2D eigenvalue weighted by molar-refractivity contribution is -0.146. The van der Waals surface area contributed by atoms with E-state index < -0.39 is 34.0 Å². The van der Waals surface area contributed by atoms with Crippen LogP contribution in [-0.4, -0.2) is 56.4 Å². The SMILES string of the molecule is Cc1cccc(S(=O)(=O)NC(=O)c2ccc(-c3cc(F)cc(OCC(C)C)c3)nc2OCC2(F)COC2)n1. The Balaban J connectivity index is 1.66. The molecule has 0 bridgehead atoms. The molecule has 1 aromatic carbocycles. The van der Waals surface area contributed by atoms with Crippen LogP contribution in [-0.2, 0) is 14.8 Å². The van der Waals surface area contributed by atoms with Gasteiger partial charge in [0, 0.05) is 17.3 Å². The number of hydrogen-bond acceptors (Lipinski definition) is 8. The van der Waals surface area contributed by atoms with Crippen LogP contribution in [0.15, 0.2) is 53.6 Å². The molecule has 4 rings (SSSR count). The lowest BCUT2D eigenvalue weighted by Gasteiger charge is -2.33. The quantitative estimate of drug-likeness (QED) is 0.407. The first-order valence-corrected chi connectivity index (χ1v) is 13.3. The maximum atomic E-state index is 14.6. The van der Waals surface area contributed by atoms with Gasteiger partial charge in [0.1, 0.15) is 23.7 Å². The van der Waals surface area contributed by atoms with E-state index >= 15 is 0 Å². The van der Waals surface area contributed by atoms with Crippen molar-refractivity contribution in [3.8, 4) is 22.9 Å². The number of aromatic nitrogens is 2. The summed E-state index contributed by atoms with van der Waals surface area (Å²) in [6.45, 7) is 5.02. The van der Waals surface area contributed by atoms with E-state index in [1.54, 1.807) is 19.1 Å². The minimum atomic E-state index is -4.32. The number of nitrogens with zero attached hydrogens (tertiary/aromatic N) is 2. The monoisotopic (exact) mass is 547 g/mol. The summed E-state index contributed by atoms with van der Waals surface area (Å²) in [6, 6.07) is 11.0. The first kappa shape index (κ1) is 27.4. The molecular formula is C26H27F2N3O6S. The predicted molar refractivity (Wildman–Crippen MR) is 134 cm³/mol. The van der Waals surface area contributed by atoms with Crippen molar-refractivity contribution in [1.29, 1.82) is 0 Å². The fourth-order valence-corrected chi connectivity index (χ4v) is 4.42. The maximum absolute atomic E-state index is 14.6. The standard InChI is InChI=1S/C26H27F2N3O6S/c1-16(2)12-36-20-10-18(9-19(27)11-20)22-8-7-21(25(30-22)37-15-26(28)13-35-14-26)24(32)31-38(33,34)23-6-4-5-17(3)29-23/h4-11,16H,12-15H2,1-3H3,(H,31,32). The zero-order valence-electron chi connectivity index (χ0n) is 21.0. The number of nitrogens with one attached hydrogen (secondary N) is 1. The van der Waals surface area contributed by atoms with Gasteiger partial charge in [0.2, 0.25) is 5.88 Å². The third kappa shape index (κ3) is 6.62. The van der Waals surface area contributed by atoms with Gasteiger partial charge in [-0.05, 0) is 49.2 Å². The van der Waals surface area contributed by atoms with Gasteiger partial charge >= 0.3 is 0 Å². The van der Waals surface area contributed by atoms with Crippen LogP contribution in [0.3, 0.4) is 0 Å². The Bertz CT molecular complexity index is 1440. The lowest BCUT2D eigenvalue weighted by Crippen LogP contribution is -2.50. The summed E-state index contributed by atoms with van der Waals surface area (Å²) >= 11 is 0. The molecule has 0 unspecified atom stereocenters. The minimum Gasteiger partial charge on any atom is -0.493 e. The van der Waals surface area contributed by atoms with Crippen molar-refractivity contribution in [1.82, 2.24) is 14.7 Å². The molecule has 38 heavy (non-hydrogen) atoms. The normalized spacial score (nSPS) is 14.6. The second kappa shape index (κ2) is 11.0. The van der Waals surface area contributed by atoms with E-state index in [1.807, 2.05) is 18.6 Å². The average molecular weight is 548 g/mol. The molecule has 12 heteroatoms. The molecule has 2 aromatic heterocycles. The molecule has 0 radical (unpaired) electrons. The summed E-state index contributed by atoms with van der Waals surface area (Å²) in [4.78, 5) is 21.2. The molecule has 202 valence electrons. The molecular weight excluding hydrogens is 520 g/mol. The fourth-order valence-electron chi connectivity index (χ4n) is 3.44. The number of amides is 1. The summed E-state index contributed by atoms with van der Waals surface area (Å²) in [5.74, 6) is -1.46. The topological polar surface area (TPSA) is 117 Å². The molecule has 1 saturated heterocycles. The molecule has 1 amide bonds. The highest BCUT2D eigenvalue weighted by molar-refractivity contribution is 7.90. The molecule has 0 saturated carbocycles. The molecule has 9 nitrogen and oxygen atoms in total.